The Balaban J connectivity index is 1.95. The zero-order chi connectivity index (χ0) is 11.5. The van der Waals surface area contributed by atoms with Crippen LogP contribution >= 0.6 is 0 Å². The molecule has 0 N–H and O–H groups in total. The summed E-state index contributed by atoms with van der Waals surface area (Å²) in [6.07, 6.45) is 16.3. The maximum atomic E-state index is 2.27. The molecule has 3 rings (SSSR count). The lowest BCUT2D eigenvalue weighted by Gasteiger charge is -2.04. The Labute approximate surface area is 102 Å². The number of benzene rings is 1. The molecule has 0 atom stereocenters. The van der Waals surface area contributed by atoms with E-state index in [1.54, 1.807) is 0 Å². The average molecular weight is 218 g/mol. The number of hydrogen-bond acceptors (Lipinski definition) is 0. The van der Waals surface area contributed by atoms with Crippen LogP contribution in [0.1, 0.15) is 12.0 Å². The molecule has 0 unspecified atom stereocenters. The molecule has 1 aromatic rings. The highest BCUT2D eigenvalue weighted by Gasteiger charge is 2.08. The summed E-state index contributed by atoms with van der Waals surface area (Å²) in [6.45, 7) is 0. The van der Waals surface area contributed by atoms with Gasteiger partial charge < -0.3 is 0 Å². The van der Waals surface area contributed by atoms with Crippen molar-refractivity contribution in [1.29, 1.82) is 0 Å². The van der Waals surface area contributed by atoms with E-state index in [9.17, 15) is 0 Å². The van der Waals surface area contributed by atoms with Crippen molar-refractivity contribution in [2.45, 2.75) is 6.42 Å². The first-order chi connectivity index (χ1) is 8.43. The summed E-state index contributed by atoms with van der Waals surface area (Å²) < 4.78 is 0. The van der Waals surface area contributed by atoms with Gasteiger partial charge in [0.05, 0.1) is 0 Å². The SMILES string of the molecule is C1=CC/C(=C2\C=CC(c3ccccc3)=C2)C=C1. The first kappa shape index (κ1) is 10.1. The lowest BCUT2D eigenvalue weighted by molar-refractivity contribution is 1.24. The van der Waals surface area contributed by atoms with Gasteiger partial charge in [-0.25, -0.2) is 0 Å². The molecule has 0 saturated carbocycles. The molecule has 2 aliphatic rings. The Hall–Kier alpha value is -2.08. The summed E-state index contributed by atoms with van der Waals surface area (Å²) >= 11 is 0. The van der Waals surface area contributed by atoms with Crippen LogP contribution in [0.15, 0.2) is 84.0 Å². The Morgan fingerprint density at radius 3 is 2.47 bits per heavy atom. The fourth-order valence-corrected chi connectivity index (χ4v) is 2.18. The number of allylic oxidation sites excluding steroid dienone is 10. The maximum absolute atomic E-state index is 2.27. The number of hydrogen-bond donors (Lipinski definition) is 0. The molecule has 1 aromatic carbocycles. The largest absolute Gasteiger partial charge is 0.0801 e. The van der Waals surface area contributed by atoms with Gasteiger partial charge in [-0.1, -0.05) is 66.8 Å². The number of rotatable bonds is 1. The molecule has 0 bridgehead atoms. The van der Waals surface area contributed by atoms with Crippen LogP contribution < -0.4 is 0 Å². The minimum atomic E-state index is 1.04. The molecular weight excluding hydrogens is 204 g/mol. The molecule has 0 heteroatoms. The fourth-order valence-electron chi connectivity index (χ4n) is 2.18. The summed E-state index contributed by atoms with van der Waals surface area (Å²) in [5, 5.41) is 0. The maximum Gasteiger partial charge on any atom is -0.00884 e. The molecule has 0 heterocycles. The van der Waals surface area contributed by atoms with Gasteiger partial charge in [-0.2, -0.15) is 0 Å². The summed E-state index contributed by atoms with van der Waals surface area (Å²) in [5.74, 6) is 0. The van der Waals surface area contributed by atoms with Crippen LogP contribution in [0.5, 0.6) is 0 Å². The van der Waals surface area contributed by atoms with Gasteiger partial charge in [-0.3, -0.25) is 0 Å². The minimum absolute atomic E-state index is 1.04. The third-order valence-corrected chi connectivity index (χ3v) is 3.11. The minimum Gasteiger partial charge on any atom is -0.0801 e. The van der Waals surface area contributed by atoms with Gasteiger partial charge in [-0.05, 0) is 34.8 Å². The normalized spacial score (nSPS) is 22.0. The molecule has 0 saturated heterocycles. The summed E-state index contributed by atoms with van der Waals surface area (Å²) in [6, 6.07) is 10.5. The quantitative estimate of drug-likeness (QED) is 0.653. The van der Waals surface area contributed by atoms with E-state index in [1.165, 1.54) is 22.3 Å². The second-order valence-corrected chi connectivity index (χ2v) is 4.27. The van der Waals surface area contributed by atoms with Gasteiger partial charge in [-0.15, -0.1) is 0 Å². The average Bonchev–Trinajstić information content (AvgIpc) is 2.90. The van der Waals surface area contributed by atoms with E-state index in [-0.39, 0.29) is 0 Å². The third kappa shape index (κ3) is 2.07. The van der Waals surface area contributed by atoms with Crippen LogP contribution in [-0.4, -0.2) is 0 Å². The molecule has 0 aromatic heterocycles. The Kier molecular flexibility index (Phi) is 2.63. The van der Waals surface area contributed by atoms with Crippen molar-refractivity contribution in [2.75, 3.05) is 0 Å². The van der Waals surface area contributed by atoms with E-state index in [1.807, 2.05) is 0 Å². The van der Waals surface area contributed by atoms with Crippen molar-refractivity contribution in [3.63, 3.8) is 0 Å². The van der Waals surface area contributed by atoms with E-state index in [0.717, 1.165) is 6.42 Å². The lowest BCUT2D eigenvalue weighted by Crippen LogP contribution is -1.84. The van der Waals surface area contributed by atoms with Crippen molar-refractivity contribution in [2.24, 2.45) is 0 Å². The van der Waals surface area contributed by atoms with E-state index in [2.05, 4.69) is 72.9 Å². The smallest absolute Gasteiger partial charge is 0.00884 e. The third-order valence-electron chi connectivity index (χ3n) is 3.11. The van der Waals surface area contributed by atoms with Crippen LogP contribution in [0.25, 0.3) is 5.57 Å². The molecular formula is C17H14. The monoisotopic (exact) mass is 218 g/mol. The van der Waals surface area contributed by atoms with E-state index >= 15 is 0 Å². The van der Waals surface area contributed by atoms with Gasteiger partial charge in [0, 0.05) is 0 Å². The van der Waals surface area contributed by atoms with E-state index in [0.29, 0.717) is 0 Å². The second kappa shape index (κ2) is 4.42. The predicted octanol–water partition coefficient (Wildman–Crippen LogP) is 4.45. The molecule has 17 heavy (non-hydrogen) atoms. The molecule has 0 aliphatic heterocycles. The van der Waals surface area contributed by atoms with Gasteiger partial charge >= 0.3 is 0 Å². The first-order valence-electron chi connectivity index (χ1n) is 5.95. The van der Waals surface area contributed by atoms with Crippen LogP contribution in [0.2, 0.25) is 0 Å². The summed E-state index contributed by atoms with van der Waals surface area (Å²) in [7, 11) is 0. The van der Waals surface area contributed by atoms with Gasteiger partial charge in [0.1, 0.15) is 0 Å². The Morgan fingerprint density at radius 1 is 0.824 bits per heavy atom. The van der Waals surface area contributed by atoms with Gasteiger partial charge in [0.25, 0.3) is 0 Å². The van der Waals surface area contributed by atoms with E-state index in [4.69, 9.17) is 0 Å². The van der Waals surface area contributed by atoms with Gasteiger partial charge in [0.2, 0.25) is 0 Å². The van der Waals surface area contributed by atoms with Crippen molar-refractivity contribution in [3.8, 4) is 0 Å². The topological polar surface area (TPSA) is 0 Å². The summed E-state index contributed by atoms with van der Waals surface area (Å²) in [5.41, 5.74) is 5.32. The summed E-state index contributed by atoms with van der Waals surface area (Å²) in [4.78, 5) is 0. The fraction of sp³-hybridized carbons (Fsp3) is 0.0588. The predicted molar refractivity (Wildman–Crippen MR) is 73.5 cm³/mol. The lowest BCUT2D eigenvalue weighted by atomic mass is 10.0. The van der Waals surface area contributed by atoms with Crippen molar-refractivity contribution >= 4 is 5.57 Å². The molecule has 0 radical (unpaired) electrons. The van der Waals surface area contributed by atoms with Crippen molar-refractivity contribution < 1.29 is 0 Å². The van der Waals surface area contributed by atoms with Crippen LogP contribution in [0.3, 0.4) is 0 Å². The van der Waals surface area contributed by atoms with Crippen LogP contribution in [0.4, 0.5) is 0 Å². The Bertz CT molecular complexity index is 563. The standard InChI is InChI=1S/C17H14/c1-3-7-14(8-4-1)16-11-12-17(13-16)15-9-5-2-6-10-15/h1-9,11-13H,10H2/b17-15+. The second-order valence-electron chi connectivity index (χ2n) is 4.27. The van der Waals surface area contributed by atoms with Gasteiger partial charge in [0.15, 0.2) is 0 Å². The van der Waals surface area contributed by atoms with E-state index < -0.39 is 0 Å². The molecule has 0 nitrogen and oxygen atoms in total. The molecule has 0 fully saturated rings. The highest BCUT2D eigenvalue weighted by atomic mass is 14.1. The Morgan fingerprint density at radius 2 is 1.71 bits per heavy atom. The molecule has 0 spiro atoms. The molecule has 0 amide bonds. The molecule has 2 aliphatic carbocycles. The van der Waals surface area contributed by atoms with Crippen LogP contribution in [-0.2, 0) is 0 Å². The highest BCUT2D eigenvalue weighted by molar-refractivity contribution is 5.81. The first-order valence-corrected chi connectivity index (χ1v) is 5.95. The highest BCUT2D eigenvalue weighted by Crippen LogP contribution is 2.28. The van der Waals surface area contributed by atoms with Crippen LogP contribution in [0, 0.1) is 0 Å². The zero-order valence-electron chi connectivity index (χ0n) is 9.64. The molecule has 82 valence electrons. The van der Waals surface area contributed by atoms with Crippen molar-refractivity contribution in [1.82, 2.24) is 0 Å². The van der Waals surface area contributed by atoms with Crippen molar-refractivity contribution in [3.05, 3.63) is 89.6 Å². The zero-order valence-corrected chi connectivity index (χ0v) is 9.64.